The molecule has 0 aromatic heterocycles. The summed E-state index contributed by atoms with van der Waals surface area (Å²) in [6.45, 7) is 13.6. The van der Waals surface area contributed by atoms with E-state index < -0.39 is 0 Å². The van der Waals surface area contributed by atoms with Gasteiger partial charge in [-0.15, -0.1) is 0 Å². The van der Waals surface area contributed by atoms with Crippen molar-refractivity contribution in [1.82, 2.24) is 15.5 Å². The number of carbonyl (C=O) groups excluding carboxylic acids is 1. The predicted octanol–water partition coefficient (Wildman–Crippen LogP) is 1.13. The highest BCUT2D eigenvalue weighted by molar-refractivity contribution is 5.73. The van der Waals surface area contributed by atoms with Crippen molar-refractivity contribution in [3.63, 3.8) is 0 Å². The fourth-order valence-electron chi connectivity index (χ4n) is 3.89. The van der Waals surface area contributed by atoms with Gasteiger partial charge >= 0.3 is 0 Å². The van der Waals surface area contributed by atoms with Gasteiger partial charge in [0.15, 0.2) is 0 Å². The van der Waals surface area contributed by atoms with Crippen molar-refractivity contribution in [2.24, 2.45) is 0 Å². The molecular formula is C16H31N3O2. The Morgan fingerprint density at radius 1 is 1.29 bits per heavy atom. The van der Waals surface area contributed by atoms with E-state index in [4.69, 9.17) is 4.74 Å². The summed E-state index contributed by atoms with van der Waals surface area (Å²) in [4.78, 5) is 13.3. The number of nitrogens with zero attached hydrogens (tertiary/aromatic N) is 1. The van der Waals surface area contributed by atoms with Gasteiger partial charge in [-0.25, -0.2) is 0 Å². The van der Waals surface area contributed by atoms with Gasteiger partial charge in [-0.1, -0.05) is 0 Å². The molecular weight excluding hydrogens is 266 g/mol. The molecule has 5 heteroatoms. The van der Waals surface area contributed by atoms with E-state index in [2.05, 4.69) is 38.3 Å². The van der Waals surface area contributed by atoms with Gasteiger partial charge in [0.05, 0.1) is 12.7 Å². The Balaban J connectivity index is 1.83. The van der Waals surface area contributed by atoms with Crippen LogP contribution in [-0.4, -0.2) is 60.3 Å². The largest absolute Gasteiger partial charge is 0.373 e. The van der Waals surface area contributed by atoms with Crippen molar-refractivity contribution >= 4 is 5.91 Å². The second-order valence-electron chi connectivity index (χ2n) is 7.86. The maximum absolute atomic E-state index is 11.5. The topological polar surface area (TPSA) is 53.6 Å². The summed E-state index contributed by atoms with van der Waals surface area (Å²) in [5.74, 6) is 0.146. The zero-order valence-electron chi connectivity index (χ0n) is 14.2. The summed E-state index contributed by atoms with van der Waals surface area (Å²) in [5, 5.41) is 7.36. The second kappa shape index (κ2) is 6.23. The van der Waals surface area contributed by atoms with Gasteiger partial charge in [0, 0.05) is 43.7 Å². The molecule has 2 rings (SSSR count). The number of hydrogen-bond donors (Lipinski definition) is 2. The molecule has 2 heterocycles. The maximum atomic E-state index is 11.5. The van der Waals surface area contributed by atoms with Gasteiger partial charge in [0.1, 0.15) is 0 Å². The van der Waals surface area contributed by atoms with Crippen LogP contribution in [0.2, 0.25) is 0 Å². The lowest BCUT2D eigenvalue weighted by atomic mass is 9.79. The molecule has 1 amide bonds. The van der Waals surface area contributed by atoms with Crippen LogP contribution in [0.5, 0.6) is 0 Å². The molecule has 0 aliphatic carbocycles. The molecule has 2 aliphatic rings. The number of hydrogen-bond acceptors (Lipinski definition) is 4. The average molecular weight is 297 g/mol. The number of piperidine rings is 1. The molecule has 1 unspecified atom stereocenters. The molecule has 21 heavy (non-hydrogen) atoms. The van der Waals surface area contributed by atoms with Crippen LogP contribution in [0.1, 0.15) is 47.5 Å². The van der Waals surface area contributed by atoms with E-state index in [9.17, 15) is 4.79 Å². The van der Waals surface area contributed by atoms with Crippen LogP contribution in [0, 0.1) is 0 Å². The van der Waals surface area contributed by atoms with E-state index in [1.165, 1.54) is 0 Å². The van der Waals surface area contributed by atoms with E-state index in [-0.39, 0.29) is 23.1 Å². The Bertz CT molecular complexity index is 366. The van der Waals surface area contributed by atoms with E-state index in [1.54, 1.807) is 6.92 Å². The molecule has 0 spiro atoms. The predicted molar refractivity (Wildman–Crippen MR) is 84.3 cm³/mol. The van der Waals surface area contributed by atoms with Crippen LogP contribution in [0.3, 0.4) is 0 Å². The quantitative estimate of drug-likeness (QED) is 0.820. The van der Waals surface area contributed by atoms with Crippen molar-refractivity contribution in [3.05, 3.63) is 0 Å². The van der Waals surface area contributed by atoms with Crippen molar-refractivity contribution < 1.29 is 9.53 Å². The highest BCUT2D eigenvalue weighted by Crippen LogP contribution is 2.28. The molecule has 0 saturated carbocycles. The van der Waals surface area contributed by atoms with Crippen LogP contribution in [0.4, 0.5) is 0 Å². The Morgan fingerprint density at radius 2 is 1.90 bits per heavy atom. The van der Waals surface area contributed by atoms with E-state index in [1.807, 2.05) is 4.90 Å². The summed E-state index contributed by atoms with van der Waals surface area (Å²) in [7, 11) is 0. The molecule has 0 aromatic rings. The standard InChI is InChI=1S/C16H31N3O2/c1-12(20)19-6-7-21-14(11-19)10-17-13-8-15(2,3)18-16(4,5)9-13/h13-14,17-18H,6-11H2,1-5H3. The zero-order chi connectivity index (χ0) is 15.7. The van der Waals surface area contributed by atoms with E-state index in [0.29, 0.717) is 19.2 Å². The average Bonchev–Trinajstić information content (AvgIpc) is 2.33. The molecule has 0 radical (unpaired) electrons. The Labute approximate surface area is 128 Å². The van der Waals surface area contributed by atoms with E-state index in [0.717, 1.165) is 25.9 Å². The maximum Gasteiger partial charge on any atom is 0.219 e. The first kappa shape index (κ1) is 16.7. The van der Waals surface area contributed by atoms with Gasteiger partial charge in [0.25, 0.3) is 0 Å². The van der Waals surface area contributed by atoms with Gasteiger partial charge in [-0.05, 0) is 40.5 Å². The first-order valence-electron chi connectivity index (χ1n) is 8.07. The van der Waals surface area contributed by atoms with Crippen molar-refractivity contribution in [1.29, 1.82) is 0 Å². The first-order chi connectivity index (χ1) is 9.67. The number of amides is 1. The molecule has 122 valence electrons. The SMILES string of the molecule is CC(=O)N1CCOC(CNC2CC(C)(C)NC(C)(C)C2)C1. The summed E-state index contributed by atoms with van der Waals surface area (Å²) in [6, 6.07) is 0.493. The Kier molecular flexibility index (Phi) is 4.96. The van der Waals surface area contributed by atoms with Gasteiger partial charge in [0.2, 0.25) is 5.91 Å². The van der Waals surface area contributed by atoms with Crippen LogP contribution >= 0.6 is 0 Å². The second-order valence-corrected chi connectivity index (χ2v) is 7.86. The Morgan fingerprint density at radius 3 is 2.48 bits per heavy atom. The molecule has 2 N–H and O–H groups in total. The minimum Gasteiger partial charge on any atom is -0.373 e. The lowest BCUT2D eigenvalue weighted by Crippen LogP contribution is -2.62. The number of carbonyl (C=O) groups is 1. The number of nitrogens with one attached hydrogen (secondary N) is 2. The number of morpholine rings is 1. The van der Waals surface area contributed by atoms with Gasteiger partial charge in [-0.2, -0.15) is 0 Å². The third-order valence-electron chi connectivity index (χ3n) is 4.41. The summed E-state index contributed by atoms with van der Waals surface area (Å²) in [6.07, 6.45) is 2.34. The molecule has 2 saturated heterocycles. The minimum atomic E-state index is 0.115. The van der Waals surface area contributed by atoms with Crippen LogP contribution < -0.4 is 10.6 Å². The monoisotopic (exact) mass is 297 g/mol. The zero-order valence-corrected chi connectivity index (χ0v) is 14.2. The highest BCUT2D eigenvalue weighted by atomic mass is 16.5. The third kappa shape index (κ3) is 4.94. The summed E-state index contributed by atoms with van der Waals surface area (Å²) < 4.78 is 5.78. The molecule has 2 aliphatic heterocycles. The lowest BCUT2D eigenvalue weighted by molar-refractivity contribution is -0.136. The fraction of sp³-hybridized carbons (Fsp3) is 0.938. The molecule has 2 fully saturated rings. The normalized spacial score (nSPS) is 29.4. The van der Waals surface area contributed by atoms with E-state index >= 15 is 0 Å². The lowest BCUT2D eigenvalue weighted by Gasteiger charge is -2.47. The van der Waals surface area contributed by atoms with Gasteiger partial charge in [-0.3, -0.25) is 4.79 Å². The van der Waals surface area contributed by atoms with Crippen molar-refractivity contribution in [3.8, 4) is 0 Å². The van der Waals surface area contributed by atoms with Crippen LogP contribution in [0.25, 0.3) is 0 Å². The highest BCUT2D eigenvalue weighted by Gasteiger charge is 2.37. The van der Waals surface area contributed by atoms with Crippen LogP contribution in [-0.2, 0) is 9.53 Å². The molecule has 0 bridgehead atoms. The first-order valence-corrected chi connectivity index (χ1v) is 8.07. The molecule has 0 aromatic carbocycles. The summed E-state index contributed by atoms with van der Waals surface area (Å²) in [5.41, 5.74) is 0.302. The number of rotatable bonds is 3. The fourth-order valence-corrected chi connectivity index (χ4v) is 3.89. The number of ether oxygens (including phenoxy) is 1. The molecule has 5 nitrogen and oxygen atoms in total. The third-order valence-corrected chi connectivity index (χ3v) is 4.41. The van der Waals surface area contributed by atoms with Crippen LogP contribution in [0.15, 0.2) is 0 Å². The minimum absolute atomic E-state index is 0.115. The molecule has 1 atom stereocenters. The van der Waals surface area contributed by atoms with Crippen molar-refractivity contribution in [2.45, 2.75) is 70.7 Å². The van der Waals surface area contributed by atoms with Gasteiger partial charge < -0.3 is 20.3 Å². The van der Waals surface area contributed by atoms with Crippen molar-refractivity contribution in [2.75, 3.05) is 26.2 Å². The smallest absolute Gasteiger partial charge is 0.219 e. The Hall–Kier alpha value is -0.650. The summed E-state index contributed by atoms with van der Waals surface area (Å²) >= 11 is 0.